The first-order valence-corrected chi connectivity index (χ1v) is 10.2. The standard InChI is InChI=1S/C18H28N2O4S/c1-5-15(6-2)18(21)19-9-11-20(12-10-19)25(22,23)17-8-7-16(24-4)13-14(17)3/h7-8,13,15H,5-6,9-12H2,1-4H3. The molecule has 1 aromatic carbocycles. The number of hydrogen-bond donors (Lipinski definition) is 0. The maximum Gasteiger partial charge on any atom is 0.243 e. The summed E-state index contributed by atoms with van der Waals surface area (Å²) in [7, 11) is -2.00. The zero-order chi connectivity index (χ0) is 18.6. The van der Waals surface area contributed by atoms with Crippen LogP contribution < -0.4 is 4.74 Å². The highest BCUT2D eigenvalue weighted by molar-refractivity contribution is 7.89. The Hall–Kier alpha value is -1.60. The molecule has 7 heteroatoms. The Labute approximate surface area is 150 Å². The molecule has 25 heavy (non-hydrogen) atoms. The second-order valence-electron chi connectivity index (χ2n) is 6.37. The number of ether oxygens (including phenoxy) is 1. The average molecular weight is 368 g/mol. The third-order valence-corrected chi connectivity index (χ3v) is 6.94. The number of amides is 1. The fraction of sp³-hybridized carbons (Fsp3) is 0.611. The summed E-state index contributed by atoms with van der Waals surface area (Å²) in [6.45, 7) is 7.35. The van der Waals surface area contributed by atoms with Crippen LogP contribution in [0.4, 0.5) is 0 Å². The van der Waals surface area contributed by atoms with Crippen molar-refractivity contribution in [3.8, 4) is 5.75 Å². The van der Waals surface area contributed by atoms with E-state index in [0.29, 0.717) is 42.4 Å². The first-order chi connectivity index (χ1) is 11.8. The van der Waals surface area contributed by atoms with Crippen molar-refractivity contribution in [2.24, 2.45) is 5.92 Å². The molecule has 1 saturated heterocycles. The summed E-state index contributed by atoms with van der Waals surface area (Å²) in [6, 6.07) is 4.97. The molecule has 1 amide bonds. The Kier molecular flexibility index (Phi) is 6.46. The first kappa shape index (κ1) is 19.7. The maximum atomic E-state index is 12.9. The Morgan fingerprint density at radius 2 is 1.76 bits per heavy atom. The lowest BCUT2D eigenvalue weighted by atomic mass is 10.0. The molecular weight excluding hydrogens is 340 g/mol. The van der Waals surface area contributed by atoms with Gasteiger partial charge in [-0.25, -0.2) is 8.42 Å². The predicted octanol–water partition coefficient (Wildman–Crippen LogP) is 2.27. The molecule has 1 aromatic rings. The largest absolute Gasteiger partial charge is 0.497 e. The monoisotopic (exact) mass is 368 g/mol. The number of carbonyl (C=O) groups is 1. The van der Waals surface area contributed by atoms with E-state index in [1.54, 1.807) is 37.1 Å². The fourth-order valence-electron chi connectivity index (χ4n) is 3.22. The highest BCUT2D eigenvalue weighted by Gasteiger charge is 2.32. The van der Waals surface area contributed by atoms with Crippen molar-refractivity contribution < 1.29 is 17.9 Å². The average Bonchev–Trinajstić information content (AvgIpc) is 2.62. The van der Waals surface area contributed by atoms with Gasteiger partial charge in [-0.1, -0.05) is 13.8 Å². The van der Waals surface area contributed by atoms with Crippen LogP contribution in [-0.2, 0) is 14.8 Å². The van der Waals surface area contributed by atoms with Crippen LogP contribution in [0.15, 0.2) is 23.1 Å². The van der Waals surface area contributed by atoms with E-state index in [9.17, 15) is 13.2 Å². The molecule has 0 radical (unpaired) electrons. The van der Waals surface area contributed by atoms with Gasteiger partial charge in [0, 0.05) is 32.1 Å². The minimum atomic E-state index is -3.56. The molecule has 6 nitrogen and oxygen atoms in total. The van der Waals surface area contributed by atoms with Crippen molar-refractivity contribution in [1.29, 1.82) is 0 Å². The normalized spacial score (nSPS) is 16.3. The number of hydrogen-bond acceptors (Lipinski definition) is 4. The van der Waals surface area contributed by atoms with Gasteiger partial charge in [0.25, 0.3) is 0 Å². The molecule has 0 N–H and O–H groups in total. The molecule has 1 fully saturated rings. The van der Waals surface area contributed by atoms with Crippen LogP contribution in [0.2, 0.25) is 0 Å². The van der Waals surface area contributed by atoms with E-state index in [4.69, 9.17) is 4.74 Å². The molecule has 2 rings (SSSR count). The van der Waals surface area contributed by atoms with Gasteiger partial charge < -0.3 is 9.64 Å². The smallest absolute Gasteiger partial charge is 0.243 e. The van der Waals surface area contributed by atoms with Crippen LogP contribution in [0.1, 0.15) is 32.3 Å². The van der Waals surface area contributed by atoms with Gasteiger partial charge in [0.05, 0.1) is 12.0 Å². The third-order valence-electron chi connectivity index (χ3n) is 4.89. The number of methoxy groups -OCH3 is 1. The van der Waals surface area contributed by atoms with Crippen LogP contribution in [0.25, 0.3) is 0 Å². The Morgan fingerprint density at radius 3 is 2.24 bits per heavy atom. The van der Waals surface area contributed by atoms with Gasteiger partial charge in [0.15, 0.2) is 0 Å². The van der Waals surface area contributed by atoms with Crippen LogP contribution in [0, 0.1) is 12.8 Å². The molecule has 140 valence electrons. The van der Waals surface area contributed by atoms with Crippen molar-refractivity contribution in [1.82, 2.24) is 9.21 Å². The molecule has 0 bridgehead atoms. The van der Waals surface area contributed by atoms with E-state index < -0.39 is 10.0 Å². The van der Waals surface area contributed by atoms with E-state index in [-0.39, 0.29) is 11.8 Å². The lowest BCUT2D eigenvalue weighted by Crippen LogP contribution is -2.51. The SMILES string of the molecule is CCC(CC)C(=O)N1CCN(S(=O)(=O)c2ccc(OC)cc2C)CC1. The van der Waals surface area contributed by atoms with Crippen LogP contribution >= 0.6 is 0 Å². The predicted molar refractivity (Wildman–Crippen MR) is 97.1 cm³/mol. The summed E-state index contributed by atoms with van der Waals surface area (Å²) < 4.78 is 32.4. The van der Waals surface area contributed by atoms with E-state index in [2.05, 4.69) is 0 Å². The zero-order valence-electron chi connectivity index (χ0n) is 15.5. The highest BCUT2D eigenvalue weighted by atomic mass is 32.2. The van der Waals surface area contributed by atoms with Crippen molar-refractivity contribution >= 4 is 15.9 Å². The minimum absolute atomic E-state index is 0.0342. The number of benzene rings is 1. The minimum Gasteiger partial charge on any atom is -0.497 e. The molecule has 0 aliphatic carbocycles. The third kappa shape index (κ3) is 4.15. The fourth-order valence-corrected chi connectivity index (χ4v) is 4.85. The summed E-state index contributed by atoms with van der Waals surface area (Å²) in [5.41, 5.74) is 0.662. The molecule has 0 unspecified atom stereocenters. The number of piperazine rings is 1. The summed E-state index contributed by atoms with van der Waals surface area (Å²) in [5, 5.41) is 0. The molecule has 0 atom stereocenters. The molecule has 0 spiro atoms. The van der Waals surface area contributed by atoms with E-state index in [1.807, 2.05) is 13.8 Å². The van der Waals surface area contributed by atoms with E-state index >= 15 is 0 Å². The van der Waals surface area contributed by atoms with Gasteiger partial charge in [-0.05, 0) is 43.5 Å². The molecule has 0 saturated carbocycles. The summed E-state index contributed by atoms with van der Waals surface area (Å²) in [6.07, 6.45) is 1.64. The van der Waals surface area contributed by atoms with Crippen LogP contribution in [-0.4, -0.2) is 56.8 Å². The summed E-state index contributed by atoms with van der Waals surface area (Å²) >= 11 is 0. The van der Waals surface area contributed by atoms with Gasteiger partial charge in [-0.3, -0.25) is 4.79 Å². The number of rotatable bonds is 6. The second kappa shape index (κ2) is 8.19. The lowest BCUT2D eigenvalue weighted by Gasteiger charge is -2.35. The number of sulfonamides is 1. The van der Waals surface area contributed by atoms with Crippen molar-refractivity contribution in [2.45, 2.75) is 38.5 Å². The quantitative estimate of drug-likeness (QED) is 0.773. The van der Waals surface area contributed by atoms with Crippen LogP contribution in [0.5, 0.6) is 5.75 Å². The second-order valence-corrected chi connectivity index (χ2v) is 8.28. The van der Waals surface area contributed by atoms with Gasteiger partial charge >= 0.3 is 0 Å². The van der Waals surface area contributed by atoms with Crippen molar-refractivity contribution in [3.63, 3.8) is 0 Å². The van der Waals surface area contributed by atoms with Crippen molar-refractivity contribution in [3.05, 3.63) is 23.8 Å². The van der Waals surface area contributed by atoms with Gasteiger partial charge in [0.2, 0.25) is 15.9 Å². The lowest BCUT2D eigenvalue weighted by molar-refractivity contribution is -0.136. The van der Waals surface area contributed by atoms with Crippen LogP contribution in [0.3, 0.4) is 0 Å². The molecule has 1 heterocycles. The zero-order valence-corrected chi connectivity index (χ0v) is 16.3. The number of carbonyl (C=O) groups excluding carboxylic acids is 1. The Balaban J connectivity index is 2.10. The molecule has 1 aliphatic heterocycles. The van der Waals surface area contributed by atoms with Gasteiger partial charge in [-0.15, -0.1) is 0 Å². The first-order valence-electron chi connectivity index (χ1n) is 8.78. The summed E-state index contributed by atoms with van der Waals surface area (Å²) in [4.78, 5) is 14.6. The highest BCUT2D eigenvalue weighted by Crippen LogP contribution is 2.25. The van der Waals surface area contributed by atoms with Gasteiger partial charge in [0.1, 0.15) is 5.75 Å². The maximum absolute atomic E-state index is 12.9. The molecule has 1 aliphatic rings. The Morgan fingerprint density at radius 1 is 1.16 bits per heavy atom. The number of aryl methyl sites for hydroxylation is 1. The number of nitrogens with zero attached hydrogens (tertiary/aromatic N) is 2. The van der Waals surface area contributed by atoms with E-state index in [0.717, 1.165) is 12.8 Å². The molecule has 0 aromatic heterocycles. The van der Waals surface area contributed by atoms with Crippen molar-refractivity contribution in [2.75, 3.05) is 33.3 Å². The van der Waals surface area contributed by atoms with E-state index in [1.165, 1.54) is 4.31 Å². The topological polar surface area (TPSA) is 66.9 Å². The summed E-state index contributed by atoms with van der Waals surface area (Å²) in [5.74, 6) is 0.812. The molecular formula is C18H28N2O4S. The Bertz CT molecular complexity index is 706. The van der Waals surface area contributed by atoms with Gasteiger partial charge in [-0.2, -0.15) is 4.31 Å².